The summed E-state index contributed by atoms with van der Waals surface area (Å²) in [6.07, 6.45) is 7.63. The lowest BCUT2D eigenvalue weighted by Gasteiger charge is -2.36. The molecule has 0 spiro atoms. The van der Waals surface area contributed by atoms with Crippen LogP contribution in [0.1, 0.15) is 32.1 Å². The molecule has 0 unspecified atom stereocenters. The van der Waals surface area contributed by atoms with Crippen molar-refractivity contribution in [1.29, 1.82) is 0 Å². The molecule has 1 aliphatic rings. The predicted molar refractivity (Wildman–Crippen MR) is 81.6 cm³/mol. The Hall–Kier alpha value is -1.75. The molecule has 5 N–H and O–H groups in total. The highest BCUT2D eigenvalue weighted by atomic mass is 16.3. The fourth-order valence-electron chi connectivity index (χ4n) is 3.14. The van der Waals surface area contributed by atoms with Crippen LogP contribution in [0.25, 0.3) is 10.9 Å². The summed E-state index contributed by atoms with van der Waals surface area (Å²) in [6, 6.07) is 3.92. The first-order valence-electron chi connectivity index (χ1n) is 7.30. The normalized spacial score (nSPS) is 18.2. The number of rotatable bonds is 4. The van der Waals surface area contributed by atoms with Gasteiger partial charge in [0.25, 0.3) is 0 Å². The number of H-pyrrole nitrogens is 1. The van der Waals surface area contributed by atoms with Crippen molar-refractivity contribution in [2.75, 3.05) is 24.2 Å². The monoisotopic (exact) mass is 274 g/mol. The third kappa shape index (κ3) is 2.45. The number of hydrogen-bond acceptors (Lipinski definition) is 4. The Labute approximate surface area is 118 Å². The highest BCUT2D eigenvalue weighted by molar-refractivity contribution is 5.88. The van der Waals surface area contributed by atoms with Gasteiger partial charge in [0.1, 0.15) is 0 Å². The van der Waals surface area contributed by atoms with E-state index in [4.69, 9.17) is 5.73 Å². The summed E-state index contributed by atoms with van der Waals surface area (Å²) in [7, 11) is 0. The minimum Gasteiger partial charge on any atom is -0.397 e. The Morgan fingerprint density at radius 1 is 1.30 bits per heavy atom. The van der Waals surface area contributed by atoms with Gasteiger partial charge in [0.2, 0.25) is 0 Å². The molecule has 0 radical (unpaired) electrons. The Morgan fingerprint density at radius 3 is 2.85 bits per heavy atom. The highest BCUT2D eigenvalue weighted by Gasteiger charge is 2.31. The number of nitrogens with two attached hydrogens (primary N) is 1. The summed E-state index contributed by atoms with van der Waals surface area (Å²) in [6.45, 7) is 1.01. The second kappa shape index (κ2) is 5.32. The fourth-order valence-corrected chi connectivity index (χ4v) is 3.14. The van der Waals surface area contributed by atoms with Crippen molar-refractivity contribution in [1.82, 2.24) is 10.2 Å². The second-order valence-electron chi connectivity index (χ2n) is 5.97. The van der Waals surface area contributed by atoms with Gasteiger partial charge in [0.15, 0.2) is 0 Å². The van der Waals surface area contributed by atoms with Crippen LogP contribution < -0.4 is 11.1 Å². The van der Waals surface area contributed by atoms with Crippen molar-refractivity contribution in [2.45, 2.75) is 32.1 Å². The van der Waals surface area contributed by atoms with Crippen molar-refractivity contribution in [2.24, 2.45) is 5.41 Å². The van der Waals surface area contributed by atoms with Crippen LogP contribution in [0.5, 0.6) is 0 Å². The smallest absolute Gasteiger partial charge is 0.0672 e. The summed E-state index contributed by atoms with van der Waals surface area (Å²) >= 11 is 0. The lowest BCUT2D eigenvalue weighted by molar-refractivity contribution is 0.0944. The number of fused-ring (bicyclic) bond motifs is 1. The van der Waals surface area contributed by atoms with Gasteiger partial charge in [-0.1, -0.05) is 19.3 Å². The van der Waals surface area contributed by atoms with Gasteiger partial charge in [0.05, 0.1) is 29.7 Å². The minimum absolute atomic E-state index is 0.00757. The molecule has 0 amide bonds. The number of benzene rings is 1. The molecule has 0 aliphatic heterocycles. The highest BCUT2D eigenvalue weighted by Crippen LogP contribution is 2.36. The van der Waals surface area contributed by atoms with E-state index in [9.17, 15) is 5.11 Å². The average Bonchev–Trinajstić information content (AvgIpc) is 2.93. The molecule has 1 aliphatic carbocycles. The zero-order chi connectivity index (χ0) is 14.0. The topological polar surface area (TPSA) is 87.0 Å². The molecule has 1 fully saturated rings. The number of hydrogen-bond donors (Lipinski definition) is 4. The molecule has 5 nitrogen and oxygen atoms in total. The van der Waals surface area contributed by atoms with Gasteiger partial charge in [-0.15, -0.1) is 0 Å². The van der Waals surface area contributed by atoms with Crippen LogP contribution in [-0.4, -0.2) is 28.5 Å². The summed E-state index contributed by atoms with van der Waals surface area (Å²) in [4.78, 5) is 0. The predicted octanol–water partition coefficient (Wildman–Crippen LogP) is 2.50. The van der Waals surface area contributed by atoms with Gasteiger partial charge in [-0.3, -0.25) is 5.10 Å². The minimum atomic E-state index is 0.00757. The van der Waals surface area contributed by atoms with Crippen molar-refractivity contribution in [3.05, 3.63) is 18.3 Å². The summed E-state index contributed by atoms with van der Waals surface area (Å²) in [5.41, 5.74) is 8.70. The van der Waals surface area contributed by atoms with Gasteiger partial charge < -0.3 is 16.2 Å². The van der Waals surface area contributed by atoms with Crippen molar-refractivity contribution >= 4 is 22.3 Å². The molecule has 3 rings (SSSR count). The molecular formula is C15H22N4O. The van der Waals surface area contributed by atoms with Crippen molar-refractivity contribution in [3.8, 4) is 0 Å². The summed E-state index contributed by atoms with van der Waals surface area (Å²) < 4.78 is 0. The first kappa shape index (κ1) is 13.2. The zero-order valence-electron chi connectivity index (χ0n) is 11.7. The Bertz CT molecular complexity index is 587. The number of aliphatic hydroxyl groups excluding tert-OH is 1. The van der Waals surface area contributed by atoms with Gasteiger partial charge in [-0.05, 0) is 25.0 Å². The number of nitrogen functional groups attached to an aromatic ring is 1. The van der Waals surface area contributed by atoms with Crippen molar-refractivity contribution < 1.29 is 5.11 Å². The van der Waals surface area contributed by atoms with E-state index < -0.39 is 0 Å². The molecule has 1 aromatic heterocycles. The molecular weight excluding hydrogens is 252 g/mol. The Kier molecular flexibility index (Phi) is 3.53. The number of aromatic nitrogens is 2. The molecule has 108 valence electrons. The van der Waals surface area contributed by atoms with Gasteiger partial charge in [-0.25, -0.2) is 0 Å². The third-order valence-electron chi connectivity index (χ3n) is 4.51. The van der Waals surface area contributed by atoms with Gasteiger partial charge in [-0.2, -0.15) is 5.10 Å². The van der Waals surface area contributed by atoms with E-state index in [-0.39, 0.29) is 12.0 Å². The van der Waals surface area contributed by atoms with E-state index in [2.05, 4.69) is 15.5 Å². The average molecular weight is 274 g/mol. The van der Waals surface area contributed by atoms with Crippen molar-refractivity contribution in [3.63, 3.8) is 0 Å². The molecule has 1 saturated carbocycles. The van der Waals surface area contributed by atoms with Crippen LogP contribution in [0.2, 0.25) is 0 Å². The summed E-state index contributed by atoms with van der Waals surface area (Å²) in [5.74, 6) is 0. The van der Waals surface area contributed by atoms with Crippen LogP contribution >= 0.6 is 0 Å². The molecule has 1 heterocycles. The van der Waals surface area contributed by atoms with Crippen LogP contribution in [0.3, 0.4) is 0 Å². The maximum Gasteiger partial charge on any atom is 0.0672 e. The molecule has 0 bridgehead atoms. The lowest BCUT2D eigenvalue weighted by atomic mass is 9.74. The number of nitrogens with zero attached hydrogens (tertiary/aromatic N) is 1. The summed E-state index contributed by atoms with van der Waals surface area (Å²) in [5, 5.41) is 21.1. The number of nitrogens with one attached hydrogen (secondary N) is 2. The molecule has 0 atom stereocenters. The van der Waals surface area contributed by atoms with Gasteiger partial charge in [0, 0.05) is 17.3 Å². The molecule has 1 aromatic carbocycles. The maximum absolute atomic E-state index is 9.74. The fraction of sp³-hybridized carbons (Fsp3) is 0.533. The first-order valence-corrected chi connectivity index (χ1v) is 7.30. The van der Waals surface area contributed by atoms with E-state index in [0.717, 1.165) is 41.7 Å². The Balaban J connectivity index is 1.76. The quantitative estimate of drug-likeness (QED) is 0.645. The van der Waals surface area contributed by atoms with E-state index in [1.165, 1.54) is 19.3 Å². The number of aliphatic hydroxyl groups is 1. The maximum atomic E-state index is 9.74. The zero-order valence-corrected chi connectivity index (χ0v) is 11.7. The van der Waals surface area contributed by atoms with E-state index in [0.29, 0.717) is 0 Å². The first-order chi connectivity index (χ1) is 9.72. The largest absolute Gasteiger partial charge is 0.397 e. The van der Waals surface area contributed by atoms with Crippen LogP contribution in [0.4, 0.5) is 11.4 Å². The van der Waals surface area contributed by atoms with Crippen LogP contribution in [0, 0.1) is 5.41 Å². The third-order valence-corrected chi connectivity index (χ3v) is 4.51. The second-order valence-corrected chi connectivity index (χ2v) is 5.97. The number of anilines is 2. The molecule has 2 aromatic rings. The van der Waals surface area contributed by atoms with Gasteiger partial charge >= 0.3 is 0 Å². The van der Waals surface area contributed by atoms with Crippen LogP contribution in [-0.2, 0) is 0 Å². The SMILES string of the molecule is Nc1cc2cn[nH]c2cc1NCC1(CO)CCCCC1. The van der Waals surface area contributed by atoms with E-state index in [1.54, 1.807) is 6.20 Å². The van der Waals surface area contributed by atoms with E-state index >= 15 is 0 Å². The molecule has 0 saturated heterocycles. The standard InChI is InChI=1S/C15H22N4O/c16-12-6-11-8-18-19-13(11)7-14(12)17-9-15(10-20)4-2-1-3-5-15/h6-8,17,20H,1-5,9-10,16H2,(H,18,19). The van der Waals surface area contributed by atoms with Crippen LogP contribution in [0.15, 0.2) is 18.3 Å². The lowest BCUT2D eigenvalue weighted by Crippen LogP contribution is -2.35. The molecule has 5 heteroatoms. The Morgan fingerprint density at radius 2 is 2.10 bits per heavy atom. The molecule has 20 heavy (non-hydrogen) atoms. The number of aromatic amines is 1. The van der Waals surface area contributed by atoms with E-state index in [1.807, 2.05) is 12.1 Å².